The first-order chi connectivity index (χ1) is 15.6. The molecule has 33 heavy (non-hydrogen) atoms. The van der Waals surface area contributed by atoms with Crippen LogP contribution >= 0.6 is 0 Å². The van der Waals surface area contributed by atoms with Gasteiger partial charge in [-0.1, -0.05) is 12.1 Å². The summed E-state index contributed by atoms with van der Waals surface area (Å²) < 4.78 is 53.3. The van der Waals surface area contributed by atoms with Crippen molar-refractivity contribution in [1.82, 2.24) is 9.55 Å². The first-order valence-electron chi connectivity index (χ1n) is 9.67. The van der Waals surface area contributed by atoms with Crippen molar-refractivity contribution >= 4 is 28.3 Å². The molecule has 4 rings (SSSR count). The Balaban J connectivity index is 1.53. The van der Waals surface area contributed by atoms with Crippen LogP contribution < -0.4 is 16.2 Å². The fraction of sp³-hybridized carbons (Fsp3) is 0.0870. The van der Waals surface area contributed by atoms with Crippen molar-refractivity contribution in [2.24, 2.45) is 0 Å². The number of fused-ring (bicyclic) bond motifs is 1. The van der Waals surface area contributed by atoms with Crippen molar-refractivity contribution in [2.75, 3.05) is 10.6 Å². The molecule has 4 aromatic rings. The lowest BCUT2D eigenvalue weighted by molar-refractivity contribution is -0.139. The van der Waals surface area contributed by atoms with Gasteiger partial charge in [-0.25, -0.2) is 14.2 Å². The van der Waals surface area contributed by atoms with Gasteiger partial charge in [-0.15, -0.1) is 0 Å². The van der Waals surface area contributed by atoms with Crippen molar-refractivity contribution in [3.05, 3.63) is 94.3 Å². The van der Waals surface area contributed by atoms with Gasteiger partial charge in [-0.2, -0.15) is 13.2 Å². The molecule has 0 radical (unpaired) electrons. The van der Waals surface area contributed by atoms with Crippen LogP contribution in [-0.4, -0.2) is 15.6 Å². The summed E-state index contributed by atoms with van der Waals surface area (Å²) in [7, 11) is 0. The number of rotatable bonds is 3. The highest BCUT2D eigenvalue weighted by molar-refractivity contribution is 5.99. The van der Waals surface area contributed by atoms with Crippen molar-refractivity contribution < 1.29 is 22.4 Å². The van der Waals surface area contributed by atoms with Gasteiger partial charge >= 0.3 is 12.2 Å². The van der Waals surface area contributed by atoms with E-state index in [4.69, 9.17) is 0 Å². The van der Waals surface area contributed by atoms with Gasteiger partial charge in [0.05, 0.1) is 22.2 Å². The van der Waals surface area contributed by atoms with Gasteiger partial charge in [0.25, 0.3) is 5.56 Å². The first-order valence-corrected chi connectivity index (χ1v) is 9.67. The van der Waals surface area contributed by atoms with Crippen LogP contribution in [0.15, 0.2) is 71.5 Å². The van der Waals surface area contributed by atoms with E-state index < -0.39 is 23.6 Å². The number of carbonyl (C=O) groups is 1. The van der Waals surface area contributed by atoms with Gasteiger partial charge in [-0.3, -0.25) is 9.36 Å². The molecule has 0 bridgehead atoms. The summed E-state index contributed by atoms with van der Waals surface area (Å²) >= 11 is 0. The van der Waals surface area contributed by atoms with Crippen molar-refractivity contribution in [1.29, 1.82) is 0 Å². The van der Waals surface area contributed by atoms with Crippen LogP contribution in [0.25, 0.3) is 16.6 Å². The Kier molecular flexibility index (Phi) is 5.59. The van der Waals surface area contributed by atoms with E-state index in [0.717, 1.165) is 6.07 Å². The van der Waals surface area contributed by atoms with E-state index >= 15 is 0 Å². The summed E-state index contributed by atoms with van der Waals surface area (Å²) in [5.74, 6) is -0.952. The zero-order chi connectivity index (χ0) is 23.8. The number of nitrogens with one attached hydrogen (secondary N) is 2. The molecule has 1 heterocycles. The van der Waals surface area contributed by atoms with E-state index in [0.29, 0.717) is 40.2 Å². The Hall–Kier alpha value is -4.21. The number of hydrogen-bond acceptors (Lipinski definition) is 3. The van der Waals surface area contributed by atoms with Crippen LogP contribution in [0, 0.1) is 12.7 Å². The molecule has 2 amide bonds. The summed E-state index contributed by atoms with van der Waals surface area (Å²) in [5, 5.41) is 5.17. The molecule has 6 nitrogen and oxygen atoms in total. The predicted molar refractivity (Wildman–Crippen MR) is 116 cm³/mol. The molecule has 0 aliphatic carbocycles. The van der Waals surface area contributed by atoms with Crippen molar-refractivity contribution in [3.8, 4) is 5.69 Å². The molecule has 0 unspecified atom stereocenters. The minimum atomic E-state index is -4.89. The van der Waals surface area contributed by atoms with Crippen LogP contribution in [0.3, 0.4) is 0 Å². The number of nitrogens with zero attached hydrogens (tertiary/aromatic N) is 2. The Labute approximate surface area is 184 Å². The van der Waals surface area contributed by atoms with Gasteiger partial charge in [0.15, 0.2) is 0 Å². The van der Waals surface area contributed by atoms with E-state index in [-0.39, 0.29) is 11.2 Å². The smallest absolute Gasteiger partial charge is 0.308 e. The highest BCUT2D eigenvalue weighted by atomic mass is 19.4. The third-order valence-corrected chi connectivity index (χ3v) is 4.86. The number of aromatic nitrogens is 2. The lowest BCUT2D eigenvalue weighted by atomic mass is 10.2. The predicted octanol–water partition coefficient (Wildman–Crippen LogP) is 5.50. The molecule has 2 N–H and O–H groups in total. The van der Waals surface area contributed by atoms with E-state index in [1.807, 2.05) is 0 Å². The number of aryl methyl sites for hydroxylation is 1. The zero-order valence-electron chi connectivity index (χ0n) is 17.1. The van der Waals surface area contributed by atoms with E-state index in [9.17, 15) is 27.2 Å². The second kappa shape index (κ2) is 8.38. The maximum atomic E-state index is 13.4. The number of carbonyl (C=O) groups excluding carboxylic acids is 1. The standard InChI is InChI=1S/C23H16F4N4O2/c1-13-28-20-5-3-2-4-17(20)21(32)31(13)16-9-6-14(7-10-16)29-22(33)30-15-8-11-19(24)18(12-15)23(25,26)27/h2-12H,1H3,(H2,29,30,33). The first kappa shape index (κ1) is 22.0. The monoisotopic (exact) mass is 456 g/mol. The Morgan fingerprint density at radius 2 is 1.58 bits per heavy atom. The third-order valence-electron chi connectivity index (χ3n) is 4.86. The fourth-order valence-electron chi connectivity index (χ4n) is 3.36. The van der Waals surface area contributed by atoms with Crippen LogP contribution in [0.2, 0.25) is 0 Å². The molecule has 3 aromatic carbocycles. The zero-order valence-corrected chi connectivity index (χ0v) is 17.1. The van der Waals surface area contributed by atoms with Crippen molar-refractivity contribution in [2.45, 2.75) is 13.1 Å². The summed E-state index contributed by atoms with van der Waals surface area (Å²) in [6, 6.07) is 14.6. The molecule has 0 fully saturated rings. The van der Waals surface area contributed by atoms with E-state index in [2.05, 4.69) is 15.6 Å². The Morgan fingerprint density at radius 1 is 0.939 bits per heavy atom. The number of anilines is 2. The van der Waals surface area contributed by atoms with Gasteiger partial charge in [-0.05, 0) is 61.5 Å². The molecule has 0 saturated heterocycles. The molecular weight excluding hydrogens is 440 g/mol. The molecule has 1 aromatic heterocycles. The number of urea groups is 1. The minimum Gasteiger partial charge on any atom is -0.308 e. The van der Waals surface area contributed by atoms with Crippen molar-refractivity contribution in [3.63, 3.8) is 0 Å². The van der Waals surface area contributed by atoms with Crippen LogP contribution in [0.5, 0.6) is 0 Å². The summed E-state index contributed by atoms with van der Waals surface area (Å²) in [6.07, 6.45) is -4.89. The number of hydrogen-bond donors (Lipinski definition) is 2. The average Bonchev–Trinajstić information content (AvgIpc) is 2.75. The molecule has 0 saturated carbocycles. The summed E-state index contributed by atoms with van der Waals surface area (Å²) in [4.78, 5) is 29.5. The van der Waals surface area contributed by atoms with Gasteiger partial charge in [0.2, 0.25) is 0 Å². The van der Waals surface area contributed by atoms with Crippen LogP contribution in [0.1, 0.15) is 11.4 Å². The fourth-order valence-corrected chi connectivity index (χ4v) is 3.36. The highest BCUT2D eigenvalue weighted by Gasteiger charge is 2.34. The molecule has 10 heteroatoms. The quantitative estimate of drug-likeness (QED) is 0.400. The van der Waals surface area contributed by atoms with Gasteiger partial charge in [0.1, 0.15) is 11.6 Å². The average molecular weight is 456 g/mol. The van der Waals surface area contributed by atoms with Gasteiger partial charge in [0, 0.05) is 11.4 Å². The number of benzene rings is 3. The number of para-hydroxylation sites is 1. The lowest BCUT2D eigenvalue weighted by Crippen LogP contribution is -2.22. The number of amides is 2. The highest BCUT2D eigenvalue weighted by Crippen LogP contribution is 2.33. The largest absolute Gasteiger partial charge is 0.419 e. The Morgan fingerprint density at radius 3 is 2.27 bits per heavy atom. The summed E-state index contributed by atoms with van der Waals surface area (Å²) in [6.45, 7) is 1.70. The molecular formula is C23H16F4N4O2. The van der Waals surface area contributed by atoms with E-state index in [1.165, 1.54) is 16.7 Å². The lowest BCUT2D eigenvalue weighted by Gasteiger charge is -2.13. The SMILES string of the molecule is Cc1nc2ccccc2c(=O)n1-c1ccc(NC(=O)Nc2ccc(F)c(C(F)(F)F)c2)cc1. The molecule has 168 valence electrons. The maximum Gasteiger partial charge on any atom is 0.419 e. The normalized spacial score (nSPS) is 11.4. The maximum absolute atomic E-state index is 13.4. The molecule has 0 spiro atoms. The third kappa shape index (κ3) is 4.54. The minimum absolute atomic E-state index is 0.220. The Bertz CT molecular complexity index is 1410. The van der Waals surface area contributed by atoms with E-state index in [1.54, 1.807) is 43.3 Å². The molecule has 0 aliphatic rings. The van der Waals surface area contributed by atoms with Gasteiger partial charge < -0.3 is 10.6 Å². The molecule has 0 aliphatic heterocycles. The number of alkyl halides is 3. The second-order valence-electron chi connectivity index (χ2n) is 7.14. The topological polar surface area (TPSA) is 76.0 Å². The second-order valence-corrected chi connectivity index (χ2v) is 7.14. The van der Waals surface area contributed by atoms with Crippen LogP contribution in [0.4, 0.5) is 33.7 Å². The molecule has 0 atom stereocenters. The van der Waals surface area contributed by atoms with Crippen LogP contribution in [-0.2, 0) is 6.18 Å². The number of halogens is 4. The summed E-state index contributed by atoms with van der Waals surface area (Å²) in [5.41, 5.74) is -0.505.